The minimum Gasteiger partial charge on any atom is -0.375 e. The molecule has 0 amide bonds. The van der Waals surface area contributed by atoms with Crippen molar-refractivity contribution in [2.24, 2.45) is 0 Å². The molecule has 1 aromatic carbocycles. The predicted molar refractivity (Wildman–Crippen MR) is 80.6 cm³/mol. The molecule has 1 N–H and O–H groups in total. The van der Waals surface area contributed by atoms with E-state index in [4.69, 9.17) is 4.74 Å². The molecule has 3 nitrogen and oxygen atoms in total. The molecule has 1 heterocycles. The highest BCUT2D eigenvalue weighted by atomic mass is 19.1. The van der Waals surface area contributed by atoms with E-state index in [0.29, 0.717) is 24.9 Å². The lowest BCUT2D eigenvalue weighted by molar-refractivity contribution is 0.0341. The molecule has 2 unspecified atom stereocenters. The van der Waals surface area contributed by atoms with Crippen LogP contribution in [0.5, 0.6) is 0 Å². The molecule has 112 valence electrons. The molecule has 1 aliphatic rings. The van der Waals surface area contributed by atoms with E-state index in [9.17, 15) is 4.39 Å². The van der Waals surface area contributed by atoms with Crippen LogP contribution in [-0.2, 0) is 11.3 Å². The number of anilines is 1. The van der Waals surface area contributed by atoms with Crippen LogP contribution < -0.4 is 10.2 Å². The van der Waals surface area contributed by atoms with Crippen LogP contribution in [-0.4, -0.2) is 31.3 Å². The molecule has 1 saturated heterocycles. The maximum atomic E-state index is 14.3. The third kappa shape index (κ3) is 3.70. The molecule has 0 aliphatic carbocycles. The second-order valence-electron chi connectivity index (χ2n) is 5.97. The quantitative estimate of drug-likeness (QED) is 0.917. The van der Waals surface area contributed by atoms with Gasteiger partial charge in [-0.05, 0) is 31.5 Å². The minimum atomic E-state index is -0.144. The van der Waals surface area contributed by atoms with E-state index in [0.717, 1.165) is 12.1 Å². The van der Waals surface area contributed by atoms with Gasteiger partial charge in [0.05, 0.1) is 18.4 Å². The number of rotatable bonds is 4. The highest BCUT2D eigenvalue weighted by molar-refractivity contribution is 5.50. The predicted octanol–water partition coefficient (Wildman–Crippen LogP) is 2.94. The van der Waals surface area contributed by atoms with Gasteiger partial charge in [-0.15, -0.1) is 0 Å². The molecule has 2 atom stereocenters. The summed E-state index contributed by atoms with van der Waals surface area (Å²) in [6, 6.07) is 6.14. The fourth-order valence-electron chi connectivity index (χ4n) is 2.45. The van der Waals surface area contributed by atoms with Crippen LogP contribution in [0.25, 0.3) is 0 Å². The summed E-state index contributed by atoms with van der Waals surface area (Å²) in [5.74, 6) is -0.144. The lowest BCUT2D eigenvalue weighted by atomic mass is 10.1. The molecule has 20 heavy (non-hydrogen) atoms. The maximum Gasteiger partial charge on any atom is 0.146 e. The van der Waals surface area contributed by atoms with E-state index < -0.39 is 0 Å². The largest absolute Gasteiger partial charge is 0.375 e. The number of nitrogens with one attached hydrogen (secondary N) is 1. The third-order valence-corrected chi connectivity index (χ3v) is 3.64. The normalized spacial score (nSPS) is 23.4. The van der Waals surface area contributed by atoms with Crippen LogP contribution in [0.4, 0.5) is 10.1 Å². The van der Waals surface area contributed by atoms with Crippen LogP contribution in [0.2, 0.25) is 0 Å². The number of hydrogen-bond acceptors (Lipinski definition) is 3. The highest BCUT2D eigenvalue weighted by Crippen LogP contribution is 2.25. The first-order chi connectivity index (χ1) is 9.47. The zero-order chi connectivity index (χ0) is 14.7. The first-order valence-electron chi connectivity index (χ1n) is 7.37. The number of morpholine rings is 1. The lowest BCUT2D eigenvalue weighted by Crippen LogP contribution is -2.47. The zero-order valence-electron chi connectivity index (χ0n) is 12.8. The van der Waals surface area contributed by atoms with Gasteiger partial charge in [0.2, 0.25) is 0 Å². The van der Waals surface area contributed by atoms with Crippen molar-refractivity contribution in [1.82, 2.24) is 5.32 Å². The number of benzene rings is 1. The van der Waals surface area contributed by atoms with Gasteiger partial charge < -0.3 is 15.0 Å². The number of halogens is 1. The SMILES string of the molecule is CC(C)NCc1ccc(N2CC(C)OCC2C)c(F)c1. The summed E-state index contributed by atoms with van der Waals surface area (Å²) in [6.07, 6.45) is 0.146. The standard InChI is InChI=1S/C16H25FN2O/c1-11(2)18-8-14-5-6-16(15(17)7-14)19-9-13(4)20-10-12(19)3/h5-7,11-13,18H,8-10H2,1-4H3. The van der Waals surface area contributed by atoms with Crippen LogP contribution in [0, 0.1) is 5.82 Å². The molecule has 0 bridgehead atoms. The summed E-state index contributed by atoms with van der Waals surface area (Å²) in [5, 5.41) is 3.30. The Hall–Kier alpha value is -1.13. The zero-order valence-corrected chi connectivity index (χ0v) is 12.8. The Kier molecular flexibility index (Phi) is 5.00. The van der Waals surface area contributed by atoms with Gasteiger partial charge in [-0.2, -0.15) is 0 Å². The molecule has 1 aliphatic heterocycles. The average Bonchev–Trinajstić information content (AvgIpc) is 2.39. The Balaban J connectivity index is 2.12. The van der Waals surface area contributed by atoms with Gasteiger partial charge >= 0.3 is 0 Å². The van der Waals surface area contributed by atoms with Gasteiger partial charge in [0.1, 0.15) is 5.82 Å². The van der Waals surface area contributed by atoms with Crippen LogP contribution in [0.15, 0.2) is 18.2 Å². The van der Waals surface area contributed by atoms with Gasteiger partial charge in [-0.1, -0.05) is 19.9 Å². The van der Waals surface area contributed by atoms with Crippen LogP contribution in [0.3, 0.4) is 0 Å². The van der Waals surface area contributed by atoms with E-state index in [1.54, 1.807) is 6.07 Å². The minimum absolute atomic E-state index is 0.144. The van der Waals surface area contributed by atoms with Crippen molar-refractivity contribution in [3.63, 3.8) is 0 Å². The van der Waals surface area contributed by atoms with Crippen molar-refractivity contribution in [3.8, 4) is 0 Å². The van der Waals surface area contributed by atoms with Crippen LogP contribution in [0.1, 0.15) is 33.3 Å². The van der Waals surface area contributed by atoms with Crippen molar-refractivity contribution in [2.45, 2.75) is 52.4 Å². The van der Waals surface area contributed by atoms with E-state index in [-0.39, 0.29) is 18.0 Å². The lowest BCUT2D eigenvalue weighted by Gasteiger charge is -2.38. The monoisotopic (exact) mass is 280 g/mol. The summed E-state index contributed by atoms with van der Waals surface area (Å²) in [6.45, 7) is 10.4. The number of nitrogens with zero attached hydrogens (tertiary/aromatic N) is 1. The smallest absolute Gasteiger partial charge is 0.146 e. The first kappa shape index (κ1) is 15.3. The van der Waals surface area contributed by atoms with Gasteiger partial charge in [0.25, 0.3) is 0 Å². The second kappa shape index (κ2) is 6.55. The molecule has 0 aromatic heterocycles. The number of ether oxygens (including phenoxy) is 1. The van der Waals surface area contributed by atoms with E-state index >= 15 is 0 Å². The van der Waals surface area contributed by atoms with Gasteiger partial charge in [-0.3, -0.25) is 0 Å². The van der Waals surface area contributed by atoms with E-state index in [2.05, 4.69) is 31.0 Å². The maximum absolute atomic E-state index is 14.3. The fourth-order valence-corrected chi connectivity index (χ4v) is 2.45. The Morgan fingerprint density at radius 2 is 2.15 bits per heavy atom. The molecule has 1 aromatic rings. The molecule has 0 radical (unpaired) electrons. The highest BCUT2D eigenvalue weighted by Gasteiger charge is 2.25. The van der Waals surface area contributed by atoms with E-state index in [1.807, 2.05) is 19.1 Å². The average molecular weight is 280 g/mol. The Morgan fingerprint density at radius 1 is 1.40 bits per heavy atom. The fraction of sp³-hybridized carbons (Fsp3) is 0.625. The molecule has 0 spiro atoms. The molecular weight excluding hydrogens is 255 g/mol. The summed E-state index contributed by atoms with van der Waals surface area (Å²) >= 11 is 0. The Labute approximate surface area is 121 Å². The van der Waals surface area contributed by atoms with Gasteiger partial charge in [0, 0.05) is 25.2 Å². The van der Waals surface area contributed by atoms with Crippen molar-refractivity contribution < 1.29 is 9.13 Å². The van der Waals surface area contributed by atoms with Crippen molar-refractivity contribution in [1.29, 1.82) is 0 Å². The van der Waals surface area contributed by atoms with Crippen molar-refractivity contribution >= 4 is 5.69 Å². The third-order valence-electron chi connectivity index (χ3n) is 3.64. The summed E-state index contributed by atoms with van der Waals surface area (Å²) in [5.41, 5.74) is 1.66. The Morgan fingerprint density at radius 3 is 2.80 bits per heavy atom. The van der Waals surface area contributed by atoms with Crippen LogP contribution >= 0.6 is 0 Å². The summed E-state index contributed by atoms with van der Waals surface area (Å²) in [7, 11) is 0. The molecular formula is C16H25FN2O. The molecule has 0 saturated carbocycles. The van der Waals surface area contributed by atoms with Gasteiger partial charge in [0.15, 0.2) is 0 Å². The first-order valence-corrected chi connectivity index (χ1v) is 7.37. The molecule has 4 heteroatoms. The second-order valence-corrected chi connectivity index (χ2v) is 5.97. The van der Waals surface area contributed by atoms with Gasteiger partial charge in [-0.25, -0.2) is 4.39 Å². The summed E-state index contributed by atoms with van der Waals surface area (Å²) in [4.78, 5) is 2.10. The van der Waals surface area contributed by atoms with Crippen molar-refractivity contribution in [2.75, 3.05) is 18.1 Å². The Bertz CT molecular complexity index is 450. The topological polar surface area (TPSA) is 24.5 Å². The molecule has 2 rings (SSSR count). The number of hydrogen-bond donors (Lipinski definition) is 1. The van der Waals surface area contributed by atoms with E-state index in [1.165, 1.54) is 0 Å². The summed E-state index contributed by atoms with van der Waals surface area (Å²) < 4.78 is 19.9. The van der Waals surface area contributed by atoms with Crippen molar-refractivity contribution in [3.05, 3.63) is 29.6 Å². The molecule has 1 fully saturated rings.